The Kier molecular flexibility index (Phi) is 4.54. The van der Waals surface area contributed by atoms with Crippen LogP contribution in [0.15, 0.2) is 88.8 Å². The third-order valence-corrected chi connectivity index (χ3v) is 5.21. The average Bonchev–Trinajstić information content (AvgIpc) is 2.69. The van der Waals surface area contributed by atoms with Crippen molar-refractivity contribution in [1.82, 2.24) is 5.32 Å². The fraction of sp³-hybridized carbons (Fsp3) is 0.0476. The van der Waals surface area contributed by atoms with E-state index < -0.39 is 0 Å². The molecule has 0 unspecified atom stereocenters. The summed E-state index contributed by atoms with van der Waals surface area (Å²) >= 11 is 1.53. The van der Waals surface area contributed by atoms with Crippen LogP contribution in [0.4, 0.5) is 10.1 Å². The van der Waals surface area contributed by atoms with Crippen molar-refractivity contribution >= 4 is 29.1 Å². The first-order valence-electron chi connectivity index (χ1n) is 8.17. The molecule has 0 radical (unpaired) electrons. The molecule has 3 aromatic rings. The SMILES string of the molecule is O=C(N[C@@H]1Sc2ccccc2N=C1c1ccc(F)cc1)c1ccccc1. The van der Waals surface area contributed by atoms with Crippen LogP contribution in [-0.4, -0.2) is 17.0 Å². The molecule has 5 heteroatoms. The zero-order chi connectivity index (χ0) is 17.9. The molecular weight excluding hydrogens is 347 g/mol. The molecule has 1 heterocycles. The first-order chi connectivity index (χ1) is 12.7. The lowest BCUT2D eigenvalue weighted by Gasteiger charge is -2.25. The van der Waals surface area contributed by atoms with E-state index in [1.54, 1.807) is 24.3 Å². The highest BCUT2D eigenvalue weighted by Crippen LogP contribution is 2.38. The lowest BCUT2D eigenvalue weighted by Crippen LogP contribution is -2.39. The Balaban J connectivity index is 1.70. The molecule has 1 N–H and O–H groups in total. The van der Waals surface area contributed by atoms with E-state index in [1.165, 1.54) is 23.9 Å². The summed E-state index contributed by atoms with van der Waals surface area (Å²) < 4.78 is 13.3. The molecule has 0 bridgehead atoms. The molecule has 0 aliphatic carbocycles. The standard InChI is InChI=1S/C21H15FN2OS/c22-16-12-10-14(11-13-16)19-21(24-20(25)15-6-2-1-3-7-15)26-18-9-5-4-8-17(18)23-19/h1-13,21H,(H,24,25)/t21-/m1/s1. The van der Waals surface area contributed by atoms with Gasteiger partial charge in [-0.2, -0.15) is 0 Å². The summed E-state index contributed by atoms with van der Waals surface area (Å²) in [6.45, 7) is 0. The van der Waals surface area contributed by atoms with Crippen molar-refractivity contribution in [3.8, 4) is 0 Å². The molecule has 1 aliphatic heterocycles. The quantitative estimate of drug-likeness (QED) is 0.727. The summed E-state index contributed by atoms with van der Waals surface area (Å²) in [4.78, 5) is 18.3. The van der Waals surface area contributed by atoms with Gasteiger partial charge in [0.25, 0.3) is 5.91 Å². The molecule has 0 saturated heterocycles. The summed E-state index contributed by atoms with van der Waals surface area (Å²) in [5, 5.41) is 2.68. The van der Waals surface area contributed by atoms with Gasteiger partial charge in [0.2, 0.25) is 0 Å². The van der Waals surface area contributed by atoms with E-state index in [0.717, 1.165) is 16.1 Å². The number of carbonyl (C=O) groups excluding carboxylic acids is 1. The maximum atomic E-state index is 13.3. The maximum absolute atomic E-state index is 13.3. The van der Waals surface area contributed by atoms with Gasteiger partial charge in [0.1, 0.15) is 11.2 Å². The number of benzene rings is 3. The second-order valence-corrected chi connectivity index (χ2v) is 6.96. The van der Waals surface area contributed by atoms with Gasteiger partial charge in [-0.25, -0.2) is 9.38 Å². The highest BCUT2D eigenvalue weighted by molar-refractivity contribution is 8.00. The highest BCUT2D eigenvalue weighted by Gasteiger charge is 2.27. The van der Waals surface area contributed by atoms with E-state index >= 15 is 0 Å². The molecule has 3 nitrogen and oxygen atoms in total. The number of halogens is 1. The Hall–Kier alpha value is -2.92. The van der Waals surface area contributed by atoms with Gasteiger partial charge < -0.3 is 5.32 Å². The third-order valence-electron chi connectivity index (χ3n) is 4.04. The summed E-state index contributed by atoms with van der Waals surface area (Å²) in [6, 6.07) is 23.0. The molecule has 0 fully saturated rings. The van der Waals surface area contributed by atoms with Crippen molar-refractivity contribution in [3.63, 3.8) is 0 Å². The van der Waals surface area contributed by atoms with Crippen LogP contribution >= 0.6 is 11.8 Å². The lowest BCUT2D eigenvalue weighted by atomic mass is 10.1. The molecule has 4 rings (SSSR count). The number of amides is 1. The number of thioether (sulfide) groups is 1. The lowest BCUT2D eigenvalue weighted by molar-refractivity contribution is 0.0956. The van der Waals surface area contributed by atoms with Gasteiger partial charge >= 0.3 is 0 Å². The molecule has 0 spiro atoms. The van der Waals surface area contributed by atoms with E-state index in [1.807, 2.05) is 42.5 Å². The predicted octanol–water partition coefficient (Wildman–Crippen LogP) is 4.81. The molecule has 0 aromatic heterocycles. The zero-order valence-electron chi connectivity index (χ0n) is 13.7. The van der Waals surface area contributed by atoms with E-state index in [4.69, 9.17) is 4.99 Å². The fourth-order valence-corrected chi connectivity index (χ4v) is 3.86. The van der Waals surface area contributed by atoms with Crippen molar-refractivity contribution in [2.45, 2.75) is 10.3 Å². The van der Waals surface area contributed by atoms with E-state index in [2.05, 4.69) is 5.32 Å². The Bertz CT molecular complexity index is 971. The number of nitrogens with zero attached hydrogens (tertiary/aromatic N) is 1. The normalized spacial score (nSPS) is 15.7. The van der Waals surface area contributed by atoms with E-state index in [0.29, 0.717) is 11.3 Å². The van der Waals surface area contributed by atoms with Crippen LogP contribution in [-0.2, 0) is 0 Å². The molecule has 1 atom stereocenters. The first kappa shape index (κ1) is 16.5. The minimum atomic E-state index is -0.358. The molecule has 3 aromatic carbocycles. The van der Waals surface area contributed by atoms with E-state index in [-0.39, 0.29) is 17.1 Å². The fourth-order valence-electron chi connectivity index (χ4n) is 2.75. The minimum absolute atomic E-state index is 0.169. The Labute approximate surface area is 155 Å². The van der Waals surface area contributed by atoms with Gasteiger partial charge in [-0.1, -0.05) is 54.2 Å². The van der Waals surface area contributed by atoms with Gasteiger partial charge in [0, 0.05) is 10.5 Å². The van der Waals surface area contributed by atoms with Crippen molar-refractivity contribution in [2.24, 2.45) is 4.99 Å². The number of nitrogens with one attached hydrogen (secondary N) is 1. The van der Waals surface area contributed by atoms with Gasteiger partial charge in [-0.3, -0.25) is 4.79 Å². The second-order valence-electron chi connectivity index (χ2n) is 5.81. The van der Waals surface area contributed by atoms with Crippen molar-refractivity contribution in [3.05, 3.63) is 95.8 Å². The number of hydrogen-bond donors (Lipinski definition) is 1. The maximum Gasteiger partial charge on any atom is 0.252 e. The van der Waals surface area contributed by atoms with Crippen molar-refractivity contribution in [1.29, 1.82) is 0 Å². The summed E-state index contributed by atoms with van der Waals surface area (Å²) in [5.74, 6) is -0.472. The zero-order valence-corrected chi connectivity index (χ0v) is 14.5. The van der Waals surface area contributed by atoms with E-state index in [9.17, 15) is 9.18 Å². The van der Waals surface area contributed by atoms with Crippen LogP contribution in [0.1, 0.15) is 15.9 Å². The smallest absolute Gasteiger partial charge is 0.252 e. The van der Waals surface area contributed by atoms with Crippen LogP contribution in [0, 0.1) is 5.82 Å². The average molecular weight is 362 g/mol. The number of para-hydroxylation sites is 1. The third kappa shape index (κ3) is 3.39. The summed E-state index contributed by atoms with van der Waals surface area (Å²) in [7, 11) is 0. The van der Waals surface area contributed by atoms with Crippen molar-refractivity contribution < 1.29 is 9.18 Å². The molecule has 0 saturated carbocycles. The topological polar surface area (TPSA) is 41.5 Å². The monoisotopic (exact) mass is 362 g/mol. The van der Waals surface area contributed by atoms with Crippen molar-refractivity contribution in [2.75, 3.05) is 0 Å². The number of aliphatic imine (C=N–C) groups is 1. The van der Waals surface area contributed by atoms with Gasteiger partial charge in [-0.05, 0) is 42.0 Å². The highest BCUT2D eigenvalue weighted by atomic mass is 32.2. The Morgan fingerprint density at radius 2 is 1.62 bits per heavy atom. The molecule has 26 heavy (non-hydrogen) atoms. The predicted molar refractivity (Wildman–Crippen MR) is 103 cm³/mol. The van der Waals surface area contributed by atoms with Crippen LogP contribution in [0.5, 0.6) is 0 Å². The number of fused-ring (bicyclic) bond motifs is 1. The van der Waals surface area contributed by atoms with Crippen LogP contribution < -0.4 is 5.32 Å². The molecular formula is C21H15FN2OS. The Morgan fingerprint density at radius 3 is 2.38 bits per heavy atom. The number of hydrogen-bond acceptors (Lipinski definition) is 3. The molecule has 1 aliphatic rings. The van der Waals surface area contributed by atoms with Gasteiger partial charge in [-0.15, -0.1) is 0 Å². The van der Waals surface area contributed by atoms with Gasteiger partial charge in [0.05, 0.1) is 11.4 Å². The first-order valence-corrected chi connectivity index (χ1v) is 9.05. The van der Waals surface area contributed by atoms with Crippen LogP contribution in [0.25, 0.3) is 0 Å². The van der Waals surface area contributed by atoms with Gasteiger partial charge in [0.15, 0.2) is 0 Å². The summed E-state index contributed by atoms with van der Waals surface area (Å²) in [6.07, 6.45) is 0. The number of carbonyl (C=O) groups is 1. The summed E-state index contributed by atoms with van der Waals surface area (Å²) in [5.41, 5.74) is 2.93. The van der Waals surface area contributed by atoms with Crippen LogP contribution in [0.3, 0.4) is 0 Å². The Morgan fingerprint density at radius 1 is 0.923 bits per heavy atom. The second kappa shape index (κ2) is 7.14. The number of rotatable bonds is 3. The molecule has 128 valence electrons. The van der Waals surface area contributed by atoms with Crippen LogP contribution in [0.2, 0.25) is 0 Å². The minimum Gasteiger partial charge on any atom is -0.334 e. The molecule has 1 amide bonds. The largest absolute Gasteiger partial charge is 0.334 e.